The summed E-state index contributed by atoms with van der Waals surface area (Å²) in [6, 6.07) is -0.226. The normalized spacial score (nSPS) is 25.4. The third-order valence-electron chi connectivity index (χ3n) is 3.03. The van der Waals surface area contributed by atoms with Gasteiger partial charge in [0.1, 0.15) is 6.61 Å². The van der Waals surface area contributed by atoms with Gasteiger partial charge in [-0.3, -0.25) is 4.79 Å². The number of alkyl carbamates (subject to hydrolysis) is 1. The monoisotopic (exact) mass is 285 g/mol. The summed E-state index contributed by atoms with van der Waals surface area (Å²) < 4.78 is 10.6. The van der Waals surface area contributed by atoms with Crippen LogP contribution in [-0.2, 0) is 14.3 Å². The highest BCUT2D eigenvalue weighted by atomic mass is 16.5. The minimum absolute atomic E-state index is 0.0346. The largest absolute Gasteiger partial charge is 0.481 e. The highest BCUT2D eigenvalue weighted by Gasteiger charge is 2.45. The van der Waals surface area contributed by atoms with E-state index in [0.29, 0.717) is 6.42 Å². The van der Waals surface area contributed by atoms with Crippen molar-refractivity contribution in [1.82, 2.24) is 5.32 Å². The van der Waals surface area contributed by atoms with Crippen molar-refractivity contribution in [3.63, 3.8) is 0 Å². The van der Waals surface area contributed by atoms with Crippen LogP contribution in [0.15, 0.2) is 12.7 Å². The highest BCUT2D eigenvalue weighted by molar-refractivity contribution is 5.69. The quantitative estimate of drug-likeness (QED) is 0.729. The van der Waals surface area contributed by atoms with Crippen LogP contribution in [0.3, 0.4) is 0 Å². The molecule has 0 aromatic rings. The zero-order valence-corrected chi connectivity index (χ0v) is 12.2. The maximum Gasteiger partial charge on any atom is 0.407 e. The Morgan fingerprint density at radius 3 is 2.60 bits per heavy atom. The molecule has 0 aromatic carbocycles. The van der Waals surface area contributed by atoms with Crippen LogP contribution >= 0.6 is 0 Å². The maximum absolute atomic E-state index is 11.5. The molecule has 0 unspecified atom stereocenters. The second-order valence-corrected chi connectivity index (χ2v) is 5.90. The lowest BCUT2D eigenvalue weighted by Gasteiger charge is -2.46. The molecule has 1 fully saturated rings. The molecule has 1 amide bonds. The van der Waals surface area contributed by atoms with E-state index in [0.717, 1.165) is 0 Å². The van der Waals surface area contributed by atoms with Crippen molar-refractivity contribution < 1.29 is 24.2 Å². The molecule has 6 nitrogen and oxygen atoms in total. The smallest absolute Gasteiger partial charge is 0.407 e. The summed E-state index contributed by atoms with van der Waals surface area (Å²) >= 11 is 0. The Labute approximate surface area is 119 Å². The number of ether oxygens (including phenoxy) is 2. The fraction of sp³-hybridized carbons (Fsp3) is 0.714. The standard InChI is InChI=1S/C14H23NO5/c1-5-6-19-13(18)15-10-8-11(20-14(2,3)4)9(10)7-12(16)17/h5,9-11H,1,6-8H2,2-4H3,(H,15,18)(H,16,17)/t9-,10+,11-/m1/s1. The van der Waals surface area contributed by atoms with Crippen molar-refractivity contribution in [2.45, 2.75) is 51.4 Å². The second kappa shape index (κ2) is 6.74. The summed E-state index contributed by atoms with van der Waals surface area (Å²) in [4.78, 5) is 22.4. The first-order valence-corrected chi connectivity index (χ1v) is 6.66. The van der Waals surface area contributed by atoms with Crippen molar-refractivity contribution in [3.8, 4) is 0 Å². The topological polar surface area (TPSA) is 84.9 Å². The van der Waals surface area contributed by atoms with Gasteiger partial charge in [-0.1, -0.05) is 12.7 Å². The van der Waals surface area contributed by atoms with Crippen molar-refractivity contribution in [2.75, 3.05) is 6.61 Å². The van der Waals surface area contributed by atoms with Gasteiger partial charge < -0.3 is 19.9 Å². The SMILES string of the molecule is C=CCOC(=O)N[C@H]1C[C@@H](OC(C)(C)C)[C@@H]1CC(=O)O. The number of carboxylic acid groups (broad SMARTS) is 1. The molecule has 1 saturated carbocycles. The number of hydrogen-bond acceptors (Lipinski definition) is 4. The molecule has 0 heterocycles. The van der Waals surface area contributed by atoms with Crippen LogP contribution in [0.2, 0.25) is 0 Å². The molecule has 0 aliphatic heterocycles. The lowest BCUT2D eigenvalue weighted by atomic mass is 9.74. The van der Waals surface area contributed by atoms with Crippen LogP contribution in [-0.4, -0.2) is 41.5 Å². The van der Waals surface area contributed by atoms with E-state index in [9.17, 15) is 9.59 Å². The van der Waals surface area contributed by atoms with Crippen LogP contribution in [0, 0.1) is 5.92 Å². The predicted molar refractivity (Wildman–Crippen MR) is 73.5 cm³/mol. The molecule has 114 valence electrons. The van der Waals surface area contributed by atoms with Crippen molar-refractivity contribution in [1.29, 1.82) is 0 Å². The van der Waals surface area contributed by atoms with Gasteiger partial charge in [-0.15, -0.1) is 0 Å². The summed E-state index contributed by atoms with van der Waals surface area (Å²) in [5.41, 5.74) is -0.338. The maximum atomic E-state index is 11.5. The van der Waals surface area contributed by atoms with Crippen molar-refractivity contribution >= 4 is 12.1 Å². The number of carbonyl (C=O) groups is 2. The molecule has 0 spiro atoms. The van der Waals surface area contributed by atoms with Crippen molar-refractivity contribution in [3.05, 3.63) is 12.7 Å². The minimum Gasteiger partial charge on any atom is -0.481 e. The van der Waals surface area contributed by atoms with Gasteiger partial charge in [0.05, 0.1) is 18.1 Å². The first kappa shape index (κ1) is 16.5. The Morgan fingerprint density at radius 2 is 2.10 bits per heavy atom. The van der Waals surface area contributed by atoms with Gasteiger partial charge in [-0.05, 0) is 27.2 Å². The Bertz CT molecular complexity index is 374. The van der Waals surface area contributed by atoms with E-state index >= 15 is 0 Å². The molecular formula is C14H23NO5. The zero-order valence-electron chi connectivity index (χ0n) is 12.2. The van der Waals surface area contributed by atoms with Gasteiger partial charge >= 0.3 is 12.1 Å². The molecule has 0 saturated heterocycles. The fourth-order valence-corrected chi connectivity index (χ4v) is 2.22. The molecular weight excluding hydrogens is 262 g/mol. The van der Waals surface area contributed by atoms with E-state index in [-0.39, 0.29) is 36.7 Å². The lowest BCUT2D eigenvalue weighted by Crippen LogP contribution is -2.58. The summed E-state index contributed by atoms with van der Waals surface area (Å²) in [5.74, 6) is -1.13. The number of amides is 1. The molecule has 0 bridgehead atoms. The number of rotatable bonds is 6. The van der Waals surface area contributed by atoms with E-state index < -0.39 is 12.1 Å². The molecule has 3 atom stereocenters. The summed E-state index contributed by atoms with van der Waals surface area (Å²) in [7, 11) is 0. The average Bonchev–Trinajstić information content (AvgIpc) is 2.30. The minimum atomic E-state index is -0.900. The van der Waals surface area contributed by atoms with E-state index in [4.69, 9.17) is 14.6 Å². The zero-order chi connectivity index (χ0) is 15.3. The third kappa shape index (κ3) is 5.21. The Morgan fingerprint density at radius 1 is 1.45 bits per heavy atom. The molecule has 0 radical (unpaired) electrons. The van der Waals surface area contributed by atoms with Gasteiger partial charge in [-0.2, -0.15) is 0 Å². The van der Waals surface area contributed by atoms with Crippen LogP contribution in [0.1, 0.15) is 33.6 Å². The lowest BCUT2D eigenvalue weighted by molar-refractivity contribution is -0.156. The Balaban J connectivity index is 2.53. The van der Waals surface area contributed by atoms with Gasteiger partial charge in [0.25, 0.3) is 0 Å². The van der Waals surface area contributed by atoms with Crippen LogP contribution in [0.25, 0.3) is 0 Å². The Hall–Kier alpha value is -1.56. The summed E-state index contributed by atoms with van der Waals surface area (Å²) in [5, 5.41) is 11.6. The molecule has 0 aromatic heterocycles. The first-order chi connectivity index (χ1) is 9.23. The average molecular weight is 285 g/mol. The van der Waals surface area contributed by atoms with Gasteiger partial charge in [-0.25, -0.2) is 4.79 Å². The predicted octanol–water partition coefficient (Wildman–Crippen LogP) is 1.95. The number of carboxylic acids is 1. The van der Waals surface area contributed by atoms with Crippen molar-refractivity contribution in [2.24, 2.45) is 5.92 Å². The van der Waals surface area contributed by atoms with E-state index in [1.165, 1.54) is 6.08 Å². The van der Waals surface area contributed by atoms with Crippen LogP contribution in [0.5, 0.6) is 0 Å². The van der Waals surface area contributed by atoms with E-state index in [2.05, 4.69) is 11.9 Å². The van der Waals surface area contributed by atoms with Crippen LogP contribution in [0.4, 0.5) is 4.79 Å². The molecule has 6 heteroatoms. The second-order valence-electron chi connectivity index (χ2n) is 5.90. The van der Waals surface area contributed by atoms with Gasteiger partial charge in [0, 0.05) is 12.0 Å². The molecule has 2 N–H and O–H groups in total. The van der Waals surface area contributed by atoms with E-state index in [1.807, 2.05) is 20.8 Å². The molecule has 20 heavy (non-hydrogen) atoms. The fourth-order valence-electron chi connectivity index (χ4n) is 2.22. The number of nitrogens with one attached hydrogen (secondary N) is 1. The van der Waals surface area contributed by atoms with E-state index in [1.54, 1.807) is 0 Å². The number of carbonyl (C=O) groups excluding carboxylic acids is 1. The summed E-state index contributed by atoms with van der Waals surface area (Å²) in [6.07, 6.45) is 1.32. The van der Waals surface area contributed by atoms with Gasteiger partial charge in [0.2, 0.25) is 0 Å². The van der Waals surface area contributed by atoms with Crippen LogP contribution < -0.4 is 5.32 Å². The first-order valence-electron chi connectivity index (χ1n) is 6.66. The number of aliphatic carboxylic acids is 1. The number of hydrogen-bond donors (Lipinski definition) is 2. The highest BCUT2D eigenvalue weighted by Crippen LogP contribution is 2.36. The molecule has 1 aliphatic carbocycles. The Kier molecular flexibility index (Phi) is 5.56. The molecule has 1 aliphatic rings. The molecule has 1 rings (SSSR count). The van der Waals surface area contributed by atoms with Gasteiger partial charge in [0.15, 0.2) is 0 Å². The summed E-state index contributed by atoms with van der Waals surface area (Å²) in [6.45, 7) is 9.34. The third-order valence-corrected chi connectivity index (χ3v) is 3.03.